The average Bonchev–Trinajstić information content (AvgIpc) is 3.28. The molecular weight excluding hydrogens is 462 g/mol. The molecule has 1 amide bonds. The number of carbonyl (C=O) groups is 1. The van der Waals surface area contributed by atoms with E-state index in [-0.39, 0.29) is 27.5 Å². The van der Waals surface area contributed by atoms with Gasteiger partial charge in [0.05, 0.1) is 10.2 Å². The summed E-state index contributed by atoms with van der Waals surface area (Å²) in [5.74, 6) is -0.574. The van der Waals surface area contributed by atoms with Gasteiger partial charge in [-0.25, -0.2) is 13.4 Å². The van der Waals surface area contributed by atoms with Crippen molar-refractivity contribution in [3.8, 4) is 5.75 Å². The number of thiophene rings is 1. The van der Waals surface area contributed by atoms with Gasteiger partial charge in [0, 0.05) is 24.2 Å². The minimum Gasteiger partial charge on any atom is -0.508 e. The van der Waals surface area contributed by atoms with Crippen LogP contribution in [-0.2, 0) is 21.4 Å². The van der Waals surface area contributed by atoms with Gasteiger partial charge >= 0.3 is 0 Å². The van der Waals surface area contributed by atoms with Gasteiger partial charge in [-0.2, -0.15) is 4.72 Å². The Labute approximate surface area is 187 Å². The number of halogens is 1. The van der Waals surface area contributed by atoms with Crippen LogP contribution in [0, 0.1) is 5.41 Å². The van der Waals surface area contributed by atoms with Crippen molar-refractivity contribution < 1.29 is 18.3 Å². The lowest BCUT2D eigenvalue weighted by Crippen LogP contribution is -2.41. The summed E-state index contributed by atoms with van der Waals surface area (Å²) < 4.78 is 28.8. The molecule has 1 saturated heterocycles. The molecule has 2 aromatic heterocycles. The molecule has 1 fully saturated rings. The summed E-state index contributed by atoms with van der Waals surface area (Å²) in [6.07, 6.45) is 0.292. The molecule has 4 rings (SSSR count). The highest BCUT2D eigenvalue weighted by Gasteiger charge is 2.35. The van der Waals surface area contributed by atoms with Crippen LogP contribution in [0.15, 0.2) is 40.6 Å². The number of fused-ring (bicyclic) bond motifs is 1. The third kappa shape index (κ3) is 4.35. The van der Waals surface area contributed by atoms with Crippen LogP contribution in [0.3, 0.4) is 0 Å². The van der Waals surface area contributed by atoms with E-state index < -0.39 is 22.0 Å². The molecule has 1 aliphatic rings. The first-order chi connectivity index (χ1) is 14.6. The molecule has 5 N–H and O–H groups in total. The highest BCUT2D eigenvalue weighted by Crippen LogP contribution is 2.30. The van der Waals surface area contributed by atoms with Crippen molar-refractivity contribution in [3.05, 3.63) is 52.7 Å². The lowest BCUT2D eigenvalue weighted by atomic mass is 10.1. The smallest absolute Gasteiger partial charge is 0.250 e. The predicted molar refractivity (Wildman–Crippen MR) is 118 cm³/mol. The van der Waals surface area contributed by atoms with Crippen molar-refractivity contribution in [3.63, 3.8) is 0 Å². The maximum atomic E-state index is 12.8. The van der Waals surface area contributed by atoms with Crippen LogP contribution < -0.4 is 10.5 Å². The van der Waals surface area contributed by atoms with Crippen LogP contribution in [0.1, 0.15) is 17.5 Å². The summed E-state index contributed by atoms with van der Waals surface area (Å²) in [6, 6.07) is 8.25. The van der Waals surface area contributed by atoms with Crippen molar-refractivity contribution in [2.45, 2.75) is 23.2 Å². The average molecular weight is 480 g/mol. The number of hydrogen-bond acceptors (Lipinski definition) is 7. The molecule has 9 nitrogen and oxygen atoms in total. The Kier molecular flexibility index (Phi) is 5.60. The molecule has 1 aliphatic heterocycles. The number of likely N-dealkylation sites (tertiary alicyclic amines) is 1. The van der Waals surface area contributed by atoms with Crippen molar-refractivity contribution >= 4 is 54.9 Å². The van der Waals surface area contributed by atoms with E-state index in [1.807, 2.05) is 0 Å². The van der Waals surface area contributed by atoms with Crippen molar-refractivity contribution in [2.24, 2.45) is 5.73 Å². The fourth-order valence-corrected chi connectivity index (χ4v) is 6.06. The molecule has 0 bridgehead atoms. The topological polar surface area (TPSA) is 149 Å². The lowest BCUT2D eigenvalue weighted by Gasteiger charge is -2.18. The second-order valence-corrected chi connectivity index (χ2v) is 10.5. The number of benzene rings is 1. The molecule has 1 aromatic carbocycles. The fourth-order valence-electron chi connectivity index (χ4n) is 3.34. The molecular formula is C19H18ClN5O4S2. The van der Waals surface area contributed by atoms with E-state index in [9.17, 15) is 18.3 Å². The van der Waals surface area contributed by atoms with Crippen LogP contribution in [0.4, 0.5) is 0 Å². The third-order valence-electron chi connectivity index (χ3n) is 4.93. The summed E-state index contributed by atoms with van der Waals surface area (Å²) in [4.78, 5) is 18.4. The van der Waals surface area contributed by atoms with E-state index in [4.69, 9.17) is 22.7 Å². The lowest BCUT2D eigenvalue weighted by molar-refractivity contribution is -0.129. The maximum Gasteiger partial charge on any atom is 0.250 e. The van der Waals surface area contributed by atoms with Gasteiger partial charge in [-0.1, -0.05) is 11.6 Å². The third-order valence-corrected chi connectivity index (χ3v) is 8.17. The van der Waals surface area contributed by atoms with Gasteiger partial charge in [-0.3, -0.25) is 10.2 Å². The Morgan fingerprint density at radius 2 is 2.13 bits per heavy atom. The molecule has 1 atom stereocenters. The second-order valence-electron chi connectivity index (χ2n) is 7.06. The first-order valence-corrected chi connectivity index (χ1v) is 11.9. The quantitative estimate of drug-likeness (QED) is 0.241. The van der Waals surface area contributed by atoms with E-state index in [1.54, 1.807) is 12.1 Å². The Morgan fingerprint density at radius 3 is 2.87 bits per heavy atom. The number of sulfonamides is 1. The summed E-state index contributed by atoms with van der Waals surface area (Å²) in [7, 11) is -3.93. The number of nitrogens with two attached hydrogens (primary N) is 1. The van der Waals surface area contributed by atoms with Gasteiger partial charge in [-0.15, -0.1) is 11.3 Å². The number of amides is 1. The van der Waals surface area contributed by atoms with Crippen LogP contribution in [0.5, 0.6) is 5.75 Å². The van der Waals surface area contributed by atoms with Crippen LogP contribution >= 0.6 is 22.9 Å². The monoisotopic (exact) mass is 479 g/mol. The highest BCUT2D eigenvalue weighted by molar-refractivity contribution is 7.91. The van der Waals surface area contributed by atoms with Crippen molar-refractivity contribution in [1.29, 1.82) is 5.41 Å². The van der Waals surface area contributed by atoms with Gasteiger partial charge in [0.15, 0.2) is 0 Å². The Hall–Kier alpha value is -2.73. The molecule has 162 valence electrons. The Bertz CT molecular complexity index is 1310. The number of phenolic OH excluding ortho intramolecular Hbond substituents is 1. The Balaban J connectivity index is 1.50. The molecule has 0 spiro atoms. The molecule has 3 heterocycles. The zero-order valence-corrected chi connectivity index (χ0v) is 18.4. The van der Waals surface area contributed by atoms with E-state index >= 15 is 0 Å². The van der Waals surface area contributed by atoms with E-state index in [0.717, 1.165) is 11.3 Å². The fraction of sp³-hybridized carbons (Fsp3) is 0.211. The number of phenols is 1. The second kappa shape index (κ2) is 8.08. The van der Waals surface area contributed by atoms with E-state index in [2.05, 4.69) is 9.71 Å². The van der Waals surface area contributed by atoms with Gasteiger partial charge in [0.1, 0.15) is 27.0 Å². The number of nitrogens with zero attached hydrogens (tertiary/aromatic N) is 2. The normalized spacial score (nSPS) is 16.9. The summed E-state index contributed by atoms with van der Waals surface area (Å²) >= 11 is 6.91. The standard InChI is InChI=1S/C19H18ClN5O4S2/c20-16-4-3-15-13(23-16)8-17(30-15)31(28,29)24-12-5-6-25(19(12)27)9-11-7-10(18(21)22)1-2-14(11)26/h1-4,7-8,12,24,26H,5-6,9H2,(H3,21,22)/t12-/m0/s1. The number of aromatic hydroxyl groups is 1. The molecule has 31 heavy (non-hydrogen) atoms. The number of aromatic nitrogens is 1. The molecule has 12 heteroatoms. The van der Waals surface area contributed by atoms with Gasteiger partial charge in [0.25, 0.3) is 10.0 Å². The van der Waals surface area contributed by atoms with E-state index in [0.29, 0.717) is 34.3 Å². The zero-order chi connectivity index (χ0) is 22.3. The molecule has 3 aromatic rings. The maximum absolute atomic E-state index is 12.8. The first-order valence-electron chi connectivity index (χ1n) is 9.17. The van der Waals surface area contributed by atoms with Gasteiger partial charge in [0.2, 0.25) is 5.91 Å². The highest BCUT2D eigenvalue weighted by atomic mass is 35.5. The van der Waals surface area contributed by atoms with Crippen LogP contribution in [0.25, 0.3) is 10.2 Å². The first kappa shape index (κ1) is 21.5. The van der Waals surface area contributed by atoms with Gasteiger partial charge < -0.3 is 15.7 Å². The molecule has 0 aliphatic carbocycles. The van der Waals surface area contributed by atoms with Crippen LogP contribution in [-0.4, -0.2) is 47.7 Å². The summed E-state index contributed by atoms with van der Waals surface area (Å²) in [5.41, 5.74) is 6.81. The summed E-state index contributed by atoms with van der Waals surface area (Å²) in [5, 5.41) is 17.9. The number of rotatable bonds is 6. The molecule has 0 saturated carbocycles. The minimum atomic E-state index is -3.93. The number of hydrogen-bond donors (Lipinski definition) is 4. The Morgan fingerprint density at radius 1 is 1.35 bits per heavy atom. The molecule has 0 unspecified atom stereocenters. The summed E-state index contributed by atoms with van der Waals surface area (Å²) in [6.45, 7) is 0.397. The SMILES string of the molecule is N=C(N)c1ccc(O)c(CN2CC[C@H](NS(=O)(=O)c3cc4nc(Cl)ccc4s3)C2=O)c1. The number of carbonyl (C=O) groups excluding carboxylic acids is 1. The van der Waals surface area contributed by atoms with Crippen molar-refractivity contribution in [2.75, 3.05) is 6.54 Å². The number of nitrogen functional groups attached to an aromatic ring is 1. The zero-order valence-electron chi connectivity index (χ0n) is 16.0. The predicted octanol–water partition coefficient (Wildman–Crippen LogP) is 2.02. The van der Waals surface area contributed by atoms with E-state index in [1.165, 1.54) is 29.2 Å². The largest absolute Gasteiger partial charge is 0.508 e. The van der Waals surface area contributed by atoms with Crippen LogP contribution in [0.2, 0.25) is 5.15 Å². The minimum absolute atomic E-state index is 0.0294. The van der Waals surface area contributed by atoms with Crippen molar-refractivity contribution in [1.82, 2.24) is 14.6 Å². The number of amidine groups is 1. The van der Waals surface area contributed by atoms with Gasteiger partial charge in [-0.05, 0) is 42.8 Å². The number of nitrogens with one attached hydrogen (secondary N) is 2. The molecule has 0 radical (unpaired) electrons. The number of pyridine rings is 1.